The number of carbonyl (C=O) groups is 2. The maximum atomic E-state index is 12.7. The van der Waals surface area contributed by atoms with E-state index in [2.05, 4.69) is 4.98 Å². The second-order valence-electron chi connectivity index (χ2n) is 7.01. The van der Waals surface area contributed by atoms with E-state index in [1.54, 1.807) is 26.1 Å². The third-order valence-corrected chi connectivity index (χ3v) is 5.02. The highest BCUT2D eigenvalue weighted by molar-refractivity contribution is 6.67. The van der Waals surface area contributed by atoms with Crippen LogP contribution in [-0.4, -0.2) is 39.5 Å². The predicted octanol–water partition coefficient (Wildman–Crippen LogP) is 5.20. The van der Waals surface area contributed by atoms with Crippen molar-refractivity contribution in [3.8, 4) is 0 Å². The molecule has 0 radical (unpaired) electrons. The van der Waals surface area contributed by atoms with E-state index in [1.807, 2.05) is 24.3 Å². The van der Waals surface area contributed by atoms with Gasteiger partial charge in [0, 0.05) is 28.4 Å². The zero-order valence-corrected chi connectivity index (χ0v) is 17.7. The second kappa shape index (κ2) is 7.50. The number of ether oxygens (including phenoxy) is 2. The zero-order valence-electron chi connectivity index (χ0n) is 15.5. The summed E-state index contributed by atoms with van der Waals surface area (Å²) in [5.74, 6) is -0.475. The number of aromatic amines is 1. The SMILES string of the molecule is COC(=O)C(C)(C)[C@H]1c2[nH]c3ccccc3c2C=CN1C(=O)OCC(Cl)(Cl)Cl. The van der Waals surface area contributed by atoms with Crippen LogP contribution in [0.2, 0.25) is 0 Å². The first-order valence-electron chi connectivity index (χ1n) is 8.45. The third-order valence-electron chi connectivity index (χ3n) is 4.70. The van der Waals surface area contributed by atoms with E-state index in [1.165, 1.54) is 12.0 Å². The van der Waals surface area contributed by atoms with Crippen LogP contribution in [0.1, 0.15) is 31.1 Å². The van der Waals surface area contributed by atoms with Gasteiger partial charge in [-0.3, -0.25) is 9.69 Å². The van der Waals surface area contributed by atoms with Crippen LogP contribution >= 0.6 is 34.8 Å². The highest BCUT2D eigenvalue weighted by Gasteiger charge is 2.47. The fraction of sp³-hybridized carbons (Fsp3) is 0.368. The van der Waals surface area contributed by atoms with Crippen LogP contribution < -0.4 is 0 Å². The smallest absolute Gasteiger partial charge is 0.414 e. The van der Waals surface area contributed by atoms with Crippen molar-refractivity contribution in [2.45, 2.75) is 23.7 Å². The van der Waals surface area contributed by atoms with Crippen LogP contribution in [0.3, 0.4) is 0 Å². The number of hydrogen-bond donors (Lipinski definition) is 1. The quantitative estimate of drug-likeness (QED) is 0.520. The molecule has 2 heterocycles. The Kier molecular flexibility index (Phi) is 5.58. The number of methoxy groups -OCH3 is 1. The summed E-state index contributed by atoms with van der Waals surface area (Å²) in [5.41, 5.74) is 1.39. The number of rotatable bonds is 3. The number of nitrogens with one attached hydrogen (secondary N) is 1. The molecule has 0 unspecified atom stereocenters. The Bertz CT molecular complexity index is 946. The number of benzene rings is 1. The van der Waals surface area contributed by atoms with Gasteiger partial charge in [-0.15, -0.1) is 0 Å². The molecule has 3 rings (SSSR count). The summed E-state index contributed by atoms with van der Waals surface area (Å²) in [5, 5.41) is 0.980. The molecule has 2 aromatic rings. The molecule has 1 aliphatic rings. The molecule has 0 bridgehead atoms. The summed E-state index contributed by atoms with van der Waals surface area (Å²) in [4.78, 5) is 29.9. The molecule has 1 aliphatic heterocycles. The average Bonchev–Trinajstić information content (AvgIpc) is 3.02. The molecule has 0 saturated carbocycles. The normalized spacial score (nSPS) is 16.8. The van der Waals surface area contributed by atoms with E-state index in [0.29, 0.717) is 5.69 Å². The topological polar surface area (TPSA) is 71.6 Å². The Morgan fingerprint density at radius 3 is 2.54 bits per heavy atom. The molecule has 0 aliphatic carbocycles. The van der Waals surface area contributed by atoms with Gasteiger partial charge in [-0.25, -0.2) is 4.79 Å². The van der Waals surface area contributed by atoms with Crippen LogP contribution in [0.5, 0.6) is 0 Å². The van der Waals surface area contributed by atoms with Gasteiger partial charge in [0.1, 0.15) is 6.61 Å². The lowest BCUT2D eigenvalue weighted by molar-refractivity contribution is -0.154. The number of esters is 1. The standard InChI is InChI=1S/C19H19Cl3N2O4/c1-18(2,16(25)27-3)15-14-12(11-6-4-5-7-13(11)23-14)8-9-24(15)17(26)28-10-19(20,21)22/h4-9,15,23H,10H2,1-3H3/t15-/m1/s1. The van der Waals surface area contributed by atoms with Gasteiger partial charge < -0.3 is 14.5 Å². The van der Waals surface area contributed by atoms with Crippen LogP contribution in [-0.2, 0) is 14.3 Å². The minimum atomic E-state index is -1.74. The summed E-state index contributed by atoms with van der Waals surface area (Å²) < 4.78 is 8.39. The van der Waals surface area contributed by atoms with Crippen molar-refractivity contribution in [1.29, 1.82) is 0 Å². The van der Waals surface area contributed by atoms with Gasteiger partial charge >= 0.3 is 12.1 Å². The summed E-state index contributed by atoms with van der Waals surface area (Å²) in [7, 11) is 1.31. The Hall–Kier alpha value is -1.89. The Morgan fingerprint density at radius 1 is 1.21 bits per heavy atom. The molecule has 0 fully saturated rings. The van der Waals surface area contributed by atoms with E-state index < -0.39 is 33.9 Å². The summed E-state index contributed by atoms with van der Waals surface area (Å²) >= 11 is 17.1. The lowest BCUT2D eigenvalue weighted by atomic mass is 9.79. The Balaban J connectivity index is 2.08. The highest BCUT2D eigenvalue weighted by atomic mass is 35.6. The largest absolute Gasteiger partial charge is 0.469 e. The Labute approximate surface area is 177 Å². The number of para-hydroxylation sites is 1. The van der Waals surface area contributed by atoms with Gasteiger partial charge in [0.25, 0.3) is 0 Å². The van der Waals surface area contributed by atoms with E-state index in [9.17, 15) is 9.59 Å². The number of carbonyl (C=O) groups excluding carboxylic acids is 2. The molecular formula is C19H19Cl3N2O4. The molecule has 28 heavy (non-hydrogen) atoms. The lowest BCUT2D eigenvalue weighted by Gasteiger charge is -2.39. The molecule has 1 N–H and O–H groups in total. The highest BCUT2D eigenvalue weighted by Crippen LogP contribution is 2.45. The van der Waals surface area contributed by atoms with Crippen molar-refractivity contribution >= 4 is 63.8 Å². The van der Waals surface area contributed by atoms with E-state index >= 15 is 0 Å². The van der Waals surface area contributed by atoms with E-state index in [0.717, 1.165) is 16.5 Å². The number of H-pyrrole nitrogens is 1. The van der Waals surface area contributed by atoms with Gasteiger partial charge in [-0.1, -0.05) is 53.0 Å². The Morgan fingerprint density at radius 2 is 1.89 bits per heavy atom. The summed E-state index contributed by atoms with van der Waals surface area (Å²) in [6.07, 6.45) is 2.61. The molecule has 9 heteroatoms. The van der Waals surface area contributed by atoms with Crippen LogP contribution in [0.15, 0.2) is 30.5 Å². The fourth-order valence-corrected chi connectivity index (χ4v) is 3.59. The van der Waals surface area contributed by atoms with Gasteiger partial charge in [0.2, 0.25) is 3.79 Å². The molecule has 150 valence electrons. The fourth-order valence-electron chi connectivity index (χ4n) is 3.43. The monoisotopic (exact) mass is 444 g/mol. The van der Waals surface area contributed by atoms with Gasteiger partial charge in [-0.2, -0.15) is 0 Å². The number of nitrogens with zero attached hydrogens (tertiary/aromatic N) is 1. The number of amides is 1. The van der Waals surface area contributed by atoms with Gasteiger partial charge in [-0.05, 0) is 26.0 Å². The molecule has 6 nitrogen and oxygen atoms in total. The number of fused-ring (bicyclic) bond motifs is 3. The summed E-state index contributed by atoms with van der Waals surface area (Å²) in [6.45, 7) is 2.98. The molecule has 1 aromatic carbocycles. The number of hydrogen-bond acceptors (Lipinski definition) is 4. The molecule has 0 saturated heterocycles. The van der Waals surface area contributed by atoms with Crippen LogP contribution in [0.25, 0.3) is 17.0 Å². The second-order valence-corrected chi connectivity index (χ2v) is 9.52. The van der Waals surface area contributed by atoms with Gasteiger partial charge in [0.05, 0.1) is 18.6 Å². The minimum Gasteiger partial charge on any atom is -0.469 e. The van der Waals surface area contributed by atoms with Crippen molar-refractivity contribution < 1.29 is 19.1 Å². The first-order chi connectivity index (χ1) is 13.1. The van der Waals surface area contributed by atoms with Crippen LogP contribution in [0.4, 0.5) is 4.79 Å². The number of halogens is 3. The van der Waals surface area contributed by atoms with Crippen molar-refractivity contribution in [3.05, 3.63) is 41.7 Å². The van der Waals surface area contributed by atoms with Crippen molar-refractivity contribution in [1.82, 2.24) is 9.88 Å². The number of aromatic nitrogens is 1. The van der Waals surface area contributed by atoms with Crippen molar-refractivity contribution in [2.75, 3.05) is 13.7 Å². The predicted molar refractivity (Wildman–Crippen MR) is 109 cm³/mol. The van der Waals surface area contributed by atoms with Crippen molar-refractivity contribution in [2.24, 2.45) is 5.41 Å². The minimum absolute atomic E-state index is 0.425. The number of alkyl halides is 3. The molecule has 1 atom stereocenters. The molecular weight excluding hydrogens is 427 g/mol. The molecule has 0 spiro atoms. The maximum absolute atomic E-state index is 12.7. The molecule has 1 amide bonds. The van der Waals surface area contributed by atoms with Crippen molar-refractivity contribution in [3.63, 3.8) is 0 Å². The van der Waals surface area contributed by atoms with Gasteiger partial charge in [0.15, 0.2) is 0 Å². The van der Waals surface area contributed by atoms with E-state index in [-0.39, 0.29) is 0 Å². The van der Waals surface area contributed by atoms with E-state index in [4.69, 9.17) is 44.3 Å². The molecule has 1 aromatic heterocycles. The van der Waals surface area contributed by atoms with Crippen LogP contribution in [0, 0.1) is 5.41 Å². The lowest BCUT2D eigenvalue weighted by Crippen LogP contribution is -2.45. The maximum Gasteiger partial charge on any atom is 0.414 e. The third kappa shape index (κ3) is 3.81. The zero-order chi connectivity index (χ0) is 20.7. The first-order valence-corrected chi connectivity index (χ1v) is 9.58. The average molecular weight is 446 g/mol. The summed E-state index contributed by atoms with van der Waals surface area (Å²) in [6, 6.07) is 7.01. The first kappa shape index (κ1) is 20.8.